The van der Waals surface area contributed by atoms with E-state index in [2.05, 4.69) is 31.3 Å². The second-order valence-corrected chi connectivity index (χ2v) is 21.4. The molecule has 0 aromatic carbocycles. The number of allylic oxidation sites excluding steroid dienone is 2. The molecule has 0 radical (unpaired) electrons. The largest absolute Gasteiger partial charge is 0.466 e. The van der Waals surface area contributed by atoms with Gasteiger partial charge in [-0.15, -0.1) is 0 Å². The van der Waals surface area contributed by atoms with Crippen molar-refractivity contribution in [3.8, 4) is 0 Å². The molecule has 0 spiro atoms. The number of ether oxygens (including phenoxy) is 1. The zero-order valence-electron chi connectivity index (χ0n) is 46.1. The van der Waals surface area contributed by atoms with E-state index in [9.17, 15) is 19.8 Å². The highest BCUT2D eigenvalue weighted by Gasteiger charge is 2.20. The first-order valence-corrected chi connectivity index (χ1v) is 30.9. The Morgan fingerprint density at radius 1 is 0.397 bits per heavy atom. The number of carbonyl (C=O) groups is 2. The summed E-state index contributed by atoms with van der Waals surface area (Å²) >= 11 is 0. The van der Waals surface area contributed by atoms with Crippen molar-refractivity contribution in [2.75, 3.05) is 13.2 Å². The predicted molar refractivity (Wildman–Crippen MR) is 297 cm³/mol. The van der Waals surface area contributed by atoms with Crippen molar-refractivity contribution in [2.24, 2.45) is 0 Å². The lowest BCUT2D eigenvalue weighted by Crippen LogP contribution is -2.45. The Balaban J connectivity index is 3.41. The van der Waals surface area contributed by atoms with E-state index in [1.54, 1.807) is 0 Å². The van der Waals surface area contributed by atoms with Crippen LogP contribution in [-0.2, 0) is 14.3 Å². The SMILES string of the molecule is CCCCCCCCCCCCCCCCCCC(=O)OCCCCCCCCCCC/C=C\CCCCCCCCCC(=O)NC(CO)C(O)CCCCCCCCCCCCCCCCC. The lowest BCUT2D eigenvalue weighted by molar-refractivity contribution is -0.143. The summed E-state index contributed by atoms with van der Waals surface area (Å²) in [5.41, 5.74) is 0. The second kappa shape index (κ2) is 58.2. The molecule has 0 aromatic heterocycles. The Bertz CT molecular complexity index is 1020. The first kappa shape index (κ1) is 66.6. The van der Waals surface area contributed by atoms with E-state index < -0.39 is 12.1 Å². The van der Waals surface area contributed by atoms with Crippen LogP contribution in [0.4, 0.5) is 0 Å². The average Bonchev–Trinajstić information content (AvgIpc) is 3.34. The summed E-state index contributed by atoms with van der Waals surface area (Å²) in [4.78, 5) is 24.6. The fourth-order valence-electron chi connectivity index (χ4n) is 9.81. The van der Waals surface area contributed by atoms with E-state index >= 15 is 0 Å². The summed E-state index contributed by atoms with van der Waals surface area (Å²) in [5, 5.41) is 23.3. The number of hydrogen-bond donors (Lipinski definition) is 3. The third-order valence-electron chi connectivity index (χ3n) is 14.6. The number of carbonyl (C=O) groups excluding carboxylic acids is 2. The highest BCUT2D eigenvalue weighted by Crippen LogP contribution is 2.18. The molecule has 0 aromatic rings. The van der Waals surface area contributed by atoms with Crippen molar-refractivity contribution in [3.63, 3.8) is 0 Å². The fourth-order valence-corrected chi connectivity index (χ4v) is 9.81. The topological polar surface area (TPSA) is 95.9 Å². The summed E-state index contributed by atoms with van der Waals surface area (Å²) in [6.45, 7) is 4.97. The van der Waals surface area contributed by atoms with Crippen LogP contribution in [0, 0.1) is 0 Å². The van der Waals surface area contributed by atoms with E-state index in [1.165, 1.54) is 276 Å². The van der Waals surface area contributed by atoms with Gasteiger partial charge in [-0.1, -0.05) is 296 Å². The molecular formula is C62H121NO5. The van der Waals surface area contributed by atoms with Crippen molar-refractivity contribution in [2.45, 2.75) is 360 Å². The number of aliphatic hydroxyl groups excluding tert-OH is 2. The Morgan fingerprint density at radius 3 is 1.04 bits per heavy atom. The third-order valence-corrected chi connectivity index (χ3v) is 14.6. The van der Waals surface area contributed by atoms with E-state index in [-0.39, 0.29) is 18.5 Å². The molecule has 0 aliphatic carbocycles. The summed E-state index contributed by atoms with van der Waals surface area (Å²) in [6, 6.07) is -0.547. The number of esters is 1. The van der Waals surface area contributed by atoms with Crippen LogP contribution < -0.4 is 5.32 Å². The predicted octanol–water partition coefficient (Wildman–Crippen LogP) is 19.2. The highest BCUT2D eigenvalue weighted by molar-refractivity contribution is 5.76. The van der Waals surface area contributed by atoms with Crippen molar-refractivity contribution >= 4 is 11.9 Å². The number of aliphatic hydroxyl groups is 2. The zero-order valence-corrected chi connectivity index (χ0v) is 46.1. The summed E-state index contributed by atoms with van der Waals surface area (Å²) in [5.74, 6) is -0.0308. The molecule has 2 unspecified atom stereocenters. The molecule has 0 saturated heterocycles. The van der Waals surface area contributed by atoms with E-state index in [0.717, 1.165) is 38.5 Å². The van der Waals surface area contributed by atoms with Gasteiger partial charge in [0, 0.05) is 12.8 Å². The van der Waals surface area contributed by atoms with Gasteiger partial charge in [0.2, 0.25) is 5.91 Å². The molecule has 6 nitrogen and oxygen atoms in total. The number of rotatable bonds is 58. The zero-order chi connectivity index (χ0) is 49.3. The van der Waals surface area contributed by atoms with Crippen molar-refractivity contribution < 1.29 is 24.5 Å². The monoisotopic (exact) mass is 960 g/mol. The molecule has 0 aliphatic rings. The first-order valence-electron chi connectivity index (χ1n) is 30.9. The van der Waals surface area contributed by atoms with Crippen LogP contribution in [-0.4, -0.2) is 47.4 Å². The maximum atomic E-state index is 12.5. The van der Waals surface area contributed by atoms with Crippen LogP contribution >= 0.6 is 0 Å². The Labute approximate surface area is 425 Å². The molecular weight excluding hydrogens is 839 g/mol. The van der Waals surface area contributed by atoms with Crippen molar-refractivity contribution in [1.82, 2.24) is 5.32 Å². The van der Waals surface area contributed by atoms with E-state index in [1.807, 2.05) is 0 Å². The van der Waals surface area contributed by atoms with Gasteiger partial charge in [0.1, 0.15) is 0 Å². The van der Waals surface area contributed by atoms with Gasteiger partial charge in [0.05, 0.1) is 25.4 Å². The van der Waals surface area contributed by atoms with Crippen LogP contribution in [0.25, 0.3) is 0 Å². The van der Waals surface area contributed by atoms with Gasteiger partial charge in [0.15, 0.2) is 0 Å². The molecule has 0 aliphatic heterocycles. The van der Waals surface area contributed by atoms with Gasteiger partial charge in [-0.25, -0.2) is 0 Å². The summed E-state index contributed by atoms with van der Waals surface area (Å²) in [7, 11) is 0. The number of unbranched alkanes of at least 4 members (excludes halogenated alkanes) is 45. The van der Waals surface area contributed by atoms with E-state index in [0.29, 0.717) is 25.9 Å². The third kappa shape index (κ3) is 53.9. The minimum Gasteiger partial charge on any atom is -0.466 e. The van der Waals surface area contributed by atoms with Gasteiger partial charge >= 0.3 is 5.97 Å². The van der Waals surface area contributed by atoms with Gasteiger partial charge in [0.25, 0.3) is 0 Å². The quantitative estimate of drug-likeness (QED) is 0.0321. The standard InChI is InChI=1S/C62H121NO5/c1-3-5-7-9-11-13-15-17-19-28-32-36-40-44-48-52-56-62(67)68-57-53-49-45-41-37-33-29-25-23-21-20-22-24-27-31-35-39-43-47-51-55-61(66)63-59(58-64)60(65)54-50-46-42-38-34-30-26-18-16-14-12-10-8-6-4-2/h20,22,59-60,64-65H,3-19,21,23-58H2,1-2H3,(H,63,66)/b22-20-. The van der Waals surface area contributed by atoms with Crippen molar-refractivity contribution in [3.05, 3.63) is 12.2 Å². The summed E-state index contributed by atoms with van der Waals surface area (Å²) < 4.78 is 5.49. The maximum Gasteiger partial charge on any atom is 0.305 e. The molecule has 404 valence electrons. The minimum absolute atomic E-state index is 0.0104. The molecule has 6 heteroatoms. The number of nitrogens with one attached hydrogen (secondary N) is 1. The fraction of sp³-hybridized carbons (Fsp3) is 0.935. The van der Waals surface area contributed by atoms with Gasteiger partial charge in [-0.05, 0) is 51.4 Å². The molecule has 3 N–H and O–H groups in total. The smallest absolute Gasteiger partial charge is 0.305 e. The maximum absolute atomic E-state index is 12.5. The van der Waals surface area contributed by atoms with Crippen LogP contribution in [0.2, 0.25) is 0 Å². The molecule has 2 atom stereocenters. The minimum atomic E-state index is -0.669. The average molecular weight is 961 g/mol. The Morgan fingerprint density at radius 2 is 0.691 bits per heavy atom. The second-order valence-electron chi connectivity index (χ2n) is 21.4. The summed E-state index contributed by atoms with van der Waals surface area (Å²) in [6.07, 6.45) is 69.3. The van der Waals surface area contributed by atoms with Crippen molar-refractivity contribution in [1.29, 1.82) is 0 Å². The Kier molecular flexibility index (Phi) is 57.0. The highest BCUT2D eigenvalue weighted by atomic mass is 16.5. The first-order chi connectivity index (χ1) is 33.5. The van der Waals surface area contributed by atoms with Crippen LogP contribution in [0.3, 0.4) is 0 Å². The van der Waals surface area contributed by atoms with Gasteiger partial charge in [-0.3, -0.25) is 9.59 Å². The number of hydrogen-bond acceptors (Lipinski definition) is 5. The normalized spacial score (nSPS) is 12.6. The van der Waals surface area contributed by atoms with Crippen LogP contribution in [0.15, 0.2) is 12.2 Å². The molecule has 0 bridgehead atoms. The molecule has 0 rings (SSSR count). The molecule has 1 amide bonds. The number of amides is 1. The Hall–Kier alpha value is -1.40. The van der Waals surface area contributed by atoms with Gasteiger partial charge < -0.3 is 20.3 Å². The lowest BCUT2D eigenvalue weighted by atomic mass is 10.0. The molecule has 0 heterocycles. The van der Waals surface area contributed by atoms with Crippen LogP contribution in [0.5, 0.6) is 0 Å². The van der Waals surface area contributed by atoms with Crippen LogP contribution in [0.1, 0.15) is 348 Å². The lowest BCUT2D eigenvalue weighted by Gasteiger charge is -2.22. The molecule has 0 saturated carbocycles. The molecule has 0 fully saturated rings. The van der Waals surface area contributed by atoms with E-state index in [4.69, 9.17) is 4.74 Å². The molecule has 68 heavy (non-hydrogen) atoms. The van der Waals surface area contributed by atoms with Gasteiger partial charge in [-0.2, -0.15) is 0 Å².